The predicted molar refractivity (Wildman–Crippen MR) is 69.8 cm³/mol. The fourth-order valence-corrected chi connectivity index (χ4v) is 1.98. The van der Waals surface area contributed by atoms with Crippen molar-refractivity contribution in [2.75, 3.05) is 6.26 Å². The highest BCUT2D eigenvalue weighted by Crippen LogP contribution is 2.10. The topological polar surface area (TPSA) is 63.2 Å². The molecule has 0 radical (unpaired) electrons. The van der Waals surface area contributed by atoms with E-state index in [9.17, 15) is 13.2 Å². The summed E-state index contributed by atoms with van der Waals surface area (Å²) < 4.78 is 22.4. The van der Waals surface area contributed by atoms with Crippen molar-refractivity contribution in [3.8, 4) is 0 Å². The number of nitrogens with one attached hydrogen (secondary N) is 1. The summed E-state index contributed by atoms with van der Waals surface area (Å²) >= 11 is 3.16. The average Bonchev–Trinajstić information content (AvgIpc) is 2.25. The summed E-state index contributed by atoms with van der Waals surface area (Å²) in [5.74, 6) is -0.0998. The van der Waals surface area contributed by atoms with Gasteiger partial charge in [-0.25, -0.2) is 8.42 Å². The maximum absolute atomic E-state index is 11.3. The molecule has 0 bridgehead atoms. The molecule has 94 valence electrons. The highest BCUT2D eigenvalue weighted by Gasteiger charge is 2.09. The molecule has 0 aliphatic heterocycles. The molecule has 1 aromatic carbocycles. The van der Waals surface area contributed by atoms with Crippen LogP contribution < -0.4 is 5.32 Å². The van der Waals surface area contributed by atoms with Crippen LogP contribution in [0.25, 0.3) is 0 Å². The van der Waals surface area contributed by atoms with Crippen molar-refractivity contribution < 1.29 is 13.2 Å². The first-order valence-electron chi connectivity index (χ1n) is 5.01. The lowest BCUT2D eigenvalue weighted by atomic mass is 10.2. The third kappa shape index (κ3) is 4.47. The van der Waals surface area contributed by atoms with E-state index in [4.69, 9.17) is 0 Å². The van der Waals surface area contributed by atoms with Crippen LogP contribution in [0.5, 0.6) is 0 Å². The van der Waals surface area contributed by atoms with E-state index in [0.717, 1.165) is 11.8 Å². The zero-order valence-corrected chi connectivity index (χ0v) is 12.0. The number of hydrogen-bond acceptors (Lipinski definition) is 3. The van der Waals surface area contributed by atoms with Gasteiger partial charge in [0.15, 0.2) is 9.84 Å². The van der Waals surface area contributed by atoms with Gasteiger partial charge in [-0.1, -0.05) is 28.1 Å². The Bertz CT molecular complexity index is 494. The van der Waals surface area contributed by atoms with Gasteiger partial charge in [0, 0.05) is 12.8 Å². The number of carbonyl (C=O) groups is 1. The Morgan fingerprint density at radius 3 is 2.29 bits per heavy atom. The van der Waals surface area contributed by atoms with E-state index in [1.807, 2.05) is 0 Å². The van der Waals surface area contributed by atoms with Crippen LogP contribution >= 0.6 is 15.9 Å². The van der Waals surface area contributed by atoms with Gasteiger partial charge in [-0.2, -0.15) is 0 Å². The normalized spacial score (nSPS) is 13.1. The first-order valence-corrected chi connectivity index (χ1v) is 7.82. The minimum absolute atomic E-state index is 0.0998. The summed E-state index contributed by atoms with van der Waals surface area (Å²) in [6.45, 7) is 2.13. The number of benzene rings is 1. The molecule has 0 saturated carbocycles. The summed E-state index contributed by atoms with van der Waals surface area (Å²) in [5, 5.41) is 2.72. The lowest BCUT2D eigenvalue weighted by Gasteiger charge is -2.07. The second kappa shape index (κ2) is 5.64. The van der Waals surface area contributed by atoms with Crippen LogP contribution in [0, 0.1) is 0 Å². The summed E-state index contributed by atoms with van der Waals surface area (Å²) in [6.07, 6.45) is 1.16. The molecule has 0 aliphatic rings. The molecule has 0 aliphatic carbocycles. The summed E-state index contributed by atoms with van der Waals surface area (Å²) in [7, 11) is -3.16. The molecule has 1 unspecified atom stereocenters. The summed E-state index contributed by atoms with van der Waals surface area (Å²) in [5.41, 5.74) is 0.860. The molecule has 0 fully saturated rings. The molecule has 17 heavy (non-hydrogen) atoms. The molecular weight excluding hydrogens is 306 g/mol. The third-order valence-corrected chi connectivity index (χ3v) is 3.72. The number of rotatable bonds is 4. The maximum atomic E-state index is 11.3. The lowest BCUT2D eigenvalue weighted by Crippen LogP contribution is -2.28. The fourth-order valence-electron chi connectivity index (χ4n) is 1.18. The van der Waals surface area contributed by atoms with Crippen molar-refractivity contribution in [1.82, 2.24) is 5.32 Å². The van der Waals surface area contributed by atoms with Gasteiger partial charge in [0.1, 0.15) is 0 Å². The van der Waals surface area contributed by atoms with E-state index >= 15 is 0 Å². The molecular formula is C11H14BrNO3S. The molecule has 6 heteroatoms. The van der Waals surface area contributed by atoms with Gasteiger partial charge in [-0.3, -0.25) is 4.79 Å². The van der Waals surface area contributed by atoms with Gasteiger partial charge < -0.3 is 5.32 Å². The van der Waals surface area contributed by atoms with Gasteiger partial charge in [0.25, 0.3) is 0 Å². The number of carbonyl (C=O) groups excluding carboxylic acids is 1. The summed E-state index contributed by atoms with van der Waals surface area (Å²) in [6, 6.07) is 6.45. The third-order valence-electron chi connectivity index (χ3n) is 2.18. The molecule has 0 aromatic heterocycles. The Morgan fingerprint density at radius 1 is 1.35 bits per heavy atom. The first kappa shape index (κ1) is 14.2. The van der Waals surface area contributed by atoms with Crippen LogP contribution in [-0.2, 0) is 21.2 Å². The zero-order chi connectivity index (χ0) is 13.1. The van der Waals surface area contributed by atoms with Gasteiger partial charge in [-0.15, -0.1) is 0 Å². The molecule has 1 aromatic rings. The highest BCUT2D eigenvalue weighted by atomic mass is 79.9. The molecule has 1 rings (SSSR count). The van der Waals surface area contributed by atoms with E-state index in [1.165, 1.54) is 12.1 Å². The molecule has 0 spiro atoms. The van der Waals surface area contributed by atoms with Gasteiger partial charge >= 0.3 is 0 Å². The zero-order valence-electron chi connectivity index (χ0n) is 9.60. The molecule has 1 N–H and O–H groups in total. The Morgan fingerprint density at radius 2 is 1.88 bits per heavy atom. The second-order valence-corrected chi connectivity index (χ2v) is 7.14. The first-order chi connectivity index (χ1) is 7.80. The predicted octanol–water partition coefficient (Wildman–Crippen LogP) is 1.49. The minimum Gasteiger partial charge on any atom is -0.351 e. The van der Waals surface area contributed by atoms with Crippen molar-refractivity contribution >= 4 is 31.7 Å². The Balaban J connectivity index is 2.67. The van der Waals surface area contributed by atoms with Gasteiger partial charge in [0.05, 0.1) is 9.72 Å². The van der Waals surface area contributed by atoms with E-state index in [0.29, 0.717) is 6.54 Å². The van der Waals surface area contributed by atoms with Crippen molar-refractivity contribution in [1.29, 1.82) is 0 Å². The van der Waals surface area contributed by atoms with Crippen LogP contribution in [0.15, 0.2) is 29.2 Å². The maximum Gasteiger partial charge on any atom is 0.233 e. The Labute approximate surface area is 109 Å². The second-order valence-electron chi connectivity index (χ2n) is 3.75. The van der Waals surface area contributed by atoms with Crippen LogP contribution in [-0.4, -0.2) is 25.4 Å². The highest BCUT2D eigenvalue weighted by molar-refractivity contribution is 9.10. The SMILES string of the molecule is CC(Br)C(=O)NCc1ccc(S(C)(=O)=O)cc1. The largest absolute Gasteiger partial charge is 0.351 e. The van der Waals surface area contributed by atoms with Crippen molar-refractivity contribution in [3.63, 3.8) is 0 Å². The number of hydrogen-bond donors (Lipinski definition) is 1. The van der Waals surface area contributed by atoms with Crippen LogP contribution in [0.4, 0.5) is 0 Å². The van der Waals surface area contributed by atoms with Crippen LogP contribution in [0.2, 0.25) is 0 Å². The average molecular weight is 320 g/mol. The molecule has 4 nitrogen and oxygen atoms in total. The minimum atomic E-state index is -3.16. The van der Waals surface area contributed by atoms with Gasteiger partial charge in [0.2, 0.25) is 5.91 Å². The lowest BCUT2D eigenvalue weighted by molar-refractivity contribution is -0.120. The fraction of sp³-hybridized carbons (Fsp3) is 0.364. The smallest absolute Gasteiger partial charge is 0.233 e. The molecule has 1 atom stereocenters. The number of halogens is 1. The van der Waals surface area contributed by atoms with Crippen molar-refractivity contribution in [3.05, 3.63) is 29.8 Å². The number of sulfone groups is 1. The number of amides is 1. The van der Waals surface area contributed by atoms with E-state index in [-0.39, 0.29) is 15.6 Å². The van der Waals surface area contributed by atoms with Crippen molar-refractivity contribution in [2.45, 2.75) is 23.2 Å². The Kier molecular flexibility index (Phi) is 4.70. The number of alkyl halides is 1. The van der Waals surface area contributed by atoms with Gasteiger partial charge in [-0.05, 0) is 24.6 Å². The van der Waals surface area contributed by atoms with E-state index in [2.05, 4.69) is 21.2 Å². The van der Waals surface area contributed by atoms with E-state index in [1.54, 1.807) is 19.1 Å². The Hall–Kier alpha value is -0.880. The van der Waals surface area contributed by atoms with Crippen LogP contribution in [0.1, 0.15) is 12.5 Å². The molecule has 0 saturated heterocycles. The standard InChI is InChI=1S/C11H14BrNO3S/c1-8(12)11(14)13-7-9-3-5-10(6-4-9)17(2,15)16/h3-6,8H,7H2,1-2H3,(H,13,14). The van der Waals surface area contributed by atoms with Crippen LogP contribution in [0.3, 0.4) is 0 Å². The molecule has 0 heterocycles. The quantitative estimate of drug-likeness (QED) is 0.855. The summed E-state index contributed by atoms with van der Waals surface area (Å²) in [4.78, 5) is 11.3. The van der Waals surface area contributed by atoms with E-state index < -0.39 is 9.84 Å². The molecule has 1 amide bonds. The monoisotopic (exact) mass is 319 g/mol. The van der Waals surface area contributed by atoms with Crippen molar-refractivity contribution in [2.24, 2.45) is 0 Å².